The summed E-state index contributed by atoms with van der Waals surface area (Å²) >= 11 is 0. The second-order valence-corrected chi connectivity index (χ2v) is 5.45. The lowest BCUT2D eigenvalue weighted by Crippen LogP contribution is -2.16. The molecule has 0 aliphatic heterocycles. The summed E-state index contributed by atoms with van der Waals surface area (Å²) in [5.74, 6) is 0.925. The lowest BCUT2D eigenvalue weighted by Gasteiger charge is -2.07. The van der Waals surface area contributed by atoms with Crippen molar-refractivity contribution in [3.8, 4) is 11.8 Å². The molecule has 3 rings (SSSR count). The number of rotatable bonds is 5. The number of anilines is 1. The summed E-state index contributed by atoms with van der Waals surface area (Å²) in [6, 6.07) is 12.3. The van der Waals surface area contributed by atoms with Crippen LogP contribution >= 0.6 is 0 Å². The van der Waals surface area contributed by atoms with E-state index in [-0.39, 0.29) is 18.3 Å². The second-order valence-electron chi connectivity index (χ2n) is 5.45. The molecule has 0 aliphatic carbocycles. The van der Waals surface area contributed by atoms with Gasteiger partial charge in [-0.25, -0.2) is 0 Å². The summed E-state index contributed by atoms with van der Waals surface area (Å²) in [6.07, 6.45) is 1.44. The number of nitriles is 1. The van der Waals surface area contributed by atoms with Crippen LogP contribution in [-0.4, -0.2) is 15.7 Å². The van der Waals surface area contributed by atoms with Crippen molar-refractivity contribution in [2.24, 2.45) is 7.05 Å². The molecule has 0 spiro atoms. The molecule has 0 bridgehead atoms. The van der Waals surface area contributed by atoms with E-state index in [0.717, 1.165) is 5.69 Å². The third-order valence-corrected chi connectivity index (χ3v) is 3.55. The van der Waals surface area contributed by atoms with E-state index in [0.29, 0.717) is 22.7 Å². The monoisotopic (exact) mass is 336 g/mol. The van der Waals surface area contributed by atoms with Crippen molar-refractivity contribution >= 4 is 11.7 Å². The number of nitrogens with zero attached hydrogens (tertiary/aromatic N) is 3. The smallest absolute Gasteiger partial charge is 0.292 e. The van der Waals surface area contributed by atoms with Crippen LogP contribution in [0.15, 0.2) is 47.1 Å². The highest BCUT2D eigenvalue weighted by Gasteiger charge is 2.17. The number of benzene rings is 1. The molecular weight excluding hydrogens is 320 g/mol. The van der Waals surface area contributed by atoms with Gasteiger partial charge in [0.25, 0.3) is 5.91 Å². The Bertz CT molecular complexity index is 949. The Labute approximate surface area is 144 Å². The minimum atomic E-state index is -0.377. The molecule has 0 fully saturated rings. The van der Waals surface area contributed by atoms with Crippen LogP contribution in [0.5, 0.6) is 5.75 Å². The van der Waals surface area contributed by atoms with E-state index in [9.17, 15) is 4.79 Å². The Morgan fingerprint density at radius 3 is 2.96 bits per heavy atom. The molecule has 1 N–H and O–H groups in total. The Morgan fingerprint density at radius 2 is 2.24 bits per heavy atom. The zero-order chi connectivity index (χ0) is 17.8. The summed E-state index contributed by atoms with van der Waals surface area (Å²) in [5, 5.41) is 15.9. The highest BCUT2D eigenvalue weighted by molar-refractivity contribution is 6.02. The minimum Gasteiger partial charge on any atom is -0.489 e. The van der Waals surface area contributed by atoms with Gasteiger partial charge in [-0.2, -0.15) is 10.4 Å². The standard InChI is InChI=1S/C18H16N4O3/c1-12-8-16(22(2)21-12)20-18(23)17-14(6-7-24-17)11-25-15-5-3-4-13(9-15)10-19/h3-9H,11H2,1-2H3,(H,20,23). The van der Waals surface area contributed by atoms with Gasteiger partial charge in [-0.15, -0.1) is 0 Å². The zero-order valence-corrected chi connectivity index (χ0v) is 13.8. The lowest BCUT2D eigenvalue weighted by molar-refractivity contribution is 0.0992. The van der Waals surface area contributed by atoms with Gasteiger partial charge in [-0.3, -0.25) is 9.48 Å². The summed E-state index contributed by atoms with van der Waals surface area (Å²) in [7, 11) is 1.75. The number of aryl methyl sites for hydroxylation is 2. The Balaban J connectivity index is 1.70. The van der Waals surface area contributed by atoms with Gasteiger partial charge in [0.15, 0.2) is 5.76 Å². The molecule has 1 amide bonds. The van der Waals surface area contributed by atoms with Gasteiger partial charge in [0.1, 0.15) is 18.2 Å². The van der Waals surface area contributed by atoms with Crippen molar-refractivity contribution in [1.82, 2.24) is 9.78 Å². The van der Waals surface area contributed by atoms with Gasteiger partial charge >= 0.3 is 0 Å². The van der Waals surface area contributed by atoms with Gasteiger partial charge in [0.2, 0.25) is 0 Å². The maximum Gasteiger partial charge on any atom is 0.292 e. The molecule has 2 aromatic heterocycles. The number of amides is 1. The van der Waals surface area contributed by atoms with Crippen molar-refractivity contribution in [2.45, 2.75) is 13.5 Å². The third-order valence-electron chi connectivity index (χ3n) is 3.55. The molecular formula is C18H16N4O3. The van der Waals surface area contributed by atoms with E-state index in [2.05, 4.69) is 16.5 Å². The maximum atomic E-state index is 12.4. The topological polar surface area (TPSA) is 93.1 Å². The molecule has 3 aromatic rings. The fourth-order valence-corrected chi connectivity index (χ4v) is 2.37. The Morgan fingerprint density at radius 1 is 1.40 bits per heavy atom. The van der Waals surface area contributed by atoms with Gasteiger partial charge in [0.05, 0.1) is 23.6 Å². The maximum absolute atomic E-state index is 12.4. The molecule has 0 aliphatic rings. The molecule has 7 nitrogen and oxygen atoms in total. The quantitative estimate of drug-likeness (QED) is 0.773. The highest BCUT2D eigenvalue weighted by atomic mass is 16.5. The fraction of sp³-hybridized carbons (Fsp3) is 0.167. The molecule has 0 saturated carbocycles. The predicted octanol–water partition coefficient (Wildman–Crippen LogP) is 3.02. The number of furan rings is 1. The number of ether oxygens (including phenoxy) is 1. The summed E-state index contributed by atoms with van der Waals surface area (Å²) in [4.78, 5) is 12.4. The van der Waals surface area contributed by atoms with Crippen LogP contribution in [0.3, 0.4) is 0 Å². The first-order valence-corrected chi connectivity index (χ1v) is 7.58. The first-order valence-electron chi connectivity index (χ1n) is 7.58. The van der Waals surface area contributed by atoms with Crippen LogP contribution in [0.25, 0.3) is 0 Å². The molecule has 0 saturated heterocycles. The van der Waals surface area contributed by atoms with E-state index in [4.69, 9.17) is 14.4 Å². The molecule has 0 atom stereocenters. The number of aromatic nitrogens is 2. The van der Waals surface area contributed by atoms with Gasteiger partial charge < -0.3 is 14.5 Å². The number of carbonyl (C=O) groups excluding carboxylic acids is 1. The van der Waals surface area contributed by atoms with Crippen LogP contribution < -0.4 is 10.1 Å². The Kier molecular flexibility index (Phi) is 4.53. The number of carbonyl (C=O) groups is 1. The van der Waals surface area contributed by atoms with Crippen LogP contribution in [-0.2, 0) is 13.7 Å². The largest absolute Gasteiger partial charge is 0.489 e. The molecule has 25 heavy (non-hydrogen) atoms. The predicted molar refractivity (Wildman–Crippen MR) is 90.1 cm³/mol. The van der Waals surface area contributed by atoms with Crippen LogP contribution in [0.1, 0.15) is 27.4 Å². The number of nitrogens with one attached hydrogen (secondary N) is 1. The van der Waals surface area contributed by atoms with Crippen LogP contribution in [0.4, 0.5) is 5.82 Å². The van der Waals surface area contributed by atoms with Gasteiger partial charge in [-0.1, -0.05) is 6.07 Å². The molecule has 7 heteroatoms. The van der Waals surface area contributed by atoms with Gasteiger partial charge in [-0.05, 0) is 31.2 Å². The van der Waals surface area contributed by atoms with Crippen LogP contribution in [0.2, 0.25) is 0 Å². The van der Waals surface area contributed by atoms with E-state index >= 15 is 0 Å². The number of hydrogen-bond acceptors (Lipinski definition) is 5. The van der Waals surface area contributed by atoms with Crippen LogP contribution in [0, 0.1) is 18.3 Å². The van der Waals surface area contributed by atoms with Gasteiger partial charge in [0, 0.05) is 18.7 Å². The van der Waals surface area contributed by atoms with E-state index in [1.165, 1.54) is 6.26 Å². The summed E-state index contributed by atoms with van der Waals surface area (Å²) in [5.41, 5.74) is 1.92. The van der Waals surface area contributed by atoms with Crippen molar-refractivity contribution < 1.29 is 13.9 Å². The van der Waals surface area contributed by atoms with Crippen molar-refractivity contribution in [3.05, 3.63) is 65.2 Å². The highest BCUT2D eigenvalue weighted by Crippen LogP contribution is 2.19. The van der Waals surface area contributed by atoms with E-state index in [1.807, 2.05) is 6.92 Å². The average molecular weight is 336 g/mol. The normalized spacial score (nSPS) is 10.3. The zero-order valence-electron chi connectivity index (χ0n) is 13.8. The van der Waals surface area contributed by atoms with Crippen molar-refractivity contribution in [2.75, 3.05) is 5.32 Å². The van der Waals surface area contributed by atoms with E-state index in [1.54, 1.807) is 48.1 Å². The van der Waals surface area contributed by atoms with Crippen molar-refractivity contribution in [3.63, 3.8) is 0 Å². The SMILES string of the molecule is Cc1cc(NC(=O)c2occc2COc2cccc(C#N)c2)n(C)n1. The number of hydrogen-bond donors (Lipinski definition) is 1. The molecule has 2 heterocycles. The van der Waals surface area contributed by atoms with E-state index < -0.39 is 0 Å². The van der Waals surface area contributed by atoms with Crippen molar-refractivity contribution in [1.29, 1.82) is 5.26 Å². The average Bonchev–Trinajstić information content (AvgIpc) is 3.19. The molecule has 1 aromatic carbocycles. The second kappa shape index (κ2) is 6.93. The minimum absolute atomic E-state index is 0.151. The first kappa shape index (κ1) is 16.3. The molecule has 126 valence electrons. The summed E-state index contributed by atoms with van der Waals surface area (Å²) in [6.45, 7) is 2.00. The first-order chi connectivity index (χ1) is 12.1. The third kappa shape index (κ3) is 3.70. The Hall–Kier alpha value is -3.53. The lowest BCUT2D eigenvalue weighted by atomic mass is 10.2. The molecule has 0 radical (unpaired) electrons. The summed E-state index contributed by atoms with van der Waals surface area (Å²) < 4.78 is 12.5. The molecule has 0 unspecified atom stereocenters. The fourth-order valence-electron chi connectivity index (χ4n) is 2.37.